The fraction of sp³-hybridized carbons (Fsp3) is 0.364. The molecule has 1 unspecified atom stereocenters. The van der Waals surface area contributed by atoms with Crippen LogP contribution < -0.4 is 0 Å². The average molecular weight is 190 g/mol. The van der Waals surface area contributed by atoms with Crippen molar-refractivity contribution in [2.75, 3.05) is 7.11 Å². The van der Waals surface area contributed by atoms with Crippen molar-refractivity contribution >= 4 is 11.0 Å². The Labute approximate surface area is 83.1 Å². The van der Waals surface area contributed by atoms with Gasteiger partial charge in [0.05, 0.1) is 17.1 Å². The van der Waals surface area contributed by atoms with E-state index in [1.807, 2.05) is 19.9 Å². The van der Waals surface area contributed by atoms with Crippen molar-refractivity contribution in [3.8, 4) is 0 Å². The van der Waals surface area contributed by atoms with E-state index in [4.69, 9.17) is 4.74 Å². The molecular formula is C11H14N2O. The second-order valence-electron chi connectivity index (χ2n) is 3.48. The van der Waals surface area contributed by atoms with Crippen molar-refractivity contribution in [3.63, 3.8) is 0 Å². The maximum Gasteiger partial charge on any atom is 0.104 e. The van der Waals surface area contributed by atoms with Crippen LogP contribution in [0.25, 0.3) is 11.0 Å². The highest BCUT2D eigenvalue weighted by molar-refractivity contribution is 5.75. The number of nitrogens with zero attached hydrogens (tertiary/aromatic N) is 1. The summed E-state index contributed by atoms with van der Waals surface area (Å²) in [5, 5.41) is 0. The van der Waals surface area contributed by atoms with Gasteiger partial charge < -0.3 is 9.72 Å². The van der Waals surface area contributed by atoms with Crippen LogP contribution in [0.1, 0.15) is 24.4 Å². The number of methoxy groups -OCH3 is 1. The number of aromatic amines is 1. The molecule has 0 bridgehead atoms. The van der Waals surface area contributed by atoms with Crippen LogP contribution in [0.3, 0.4) is 0 Å². The molecule has 1 aromatic carbocycles. The molecule has 1 aromatic heterocycles. The first-order valence-corrected chi connectivity index (χ1v) is 4.70. The second-order valence-corrected chi connectivity index (χ2v) is 3.48. The topological polar surface area (TPSA) is 37.9 Å². The van der Waals surface area contributed by atoms with Crippen molar-refractivity contribution in [3.05, 3.63) is 29.6 Å². The zero-order valence-electron chi connectivity index (χ0n) is 8.66. The van der Waals surface area contributed by atoms with Gasteiger partial charge in [-0.3, -0.25) is 0 Å². The maximum absolute atomic E-state index is 5.26. The monoisotopic (exact) mass is 190 g/mol. The quantitative estimate of drug-likeness (QED) is 0.790. The molecule has 3 nitrogen and oxygen atoms in total. The first kappa shape index (κ1) is 9.21. The molecule has 0 aliphatic carbocycles. The molecule has 14 heavy (non-hydrogen) atoms. The predicted molar refractivity (Wildman–Crippen MR) is 56.3 cm³/mol. The van der Waals surface area contributed by atoms with Gasteiger partial charge in [0.2, 0.25) is 0 Å². The van der Waals surface area contributed by atoms with E-state index in [2.05, 4.69) is 22.1 Å². The fourth-order valence-corrected chi connectivity index (χ4v) is 1.54. The smallest absolute Gasteiger partial charge is 0.104 e. The average Bonchev–Trinajstić information content (AvgIpc) is 2.55. The first-order valence-electron chi connectivity index (χ1n) is 4.70. The molecule has 0 radical (unpaired) electrons. The number of hydrogen-bond acceptors (Lipinski definition) is 2. The number of aryl methyl sites for hydroxylation is 1. The van der Waals surface area contributed by atoms with Gasteiger partial charge in [-0.1, -0.05) is 6.07 Å². The lowest BCUT2D eigenvalue weighted by Gasteiger charge is -2.08. The Morgan fingerprint density at radius 2 is 2.21 bits per heavy atom. The summed E-state index contributed by atoms with van der Waals surface area (Å²) < 4.78 is 5.26. The van der Waals surface area contributed by atoms with E-state index in [0.717, 1.165) is 16.9 Å². The van der Waals surface area contributed by atoms with Crippen LogP contribution in [-0.4, -0.2) is 17.1 Å². The lowest BCUT2D eigenvalue weighted by molar-refractivity contribution is 0.119. The molecule has 0 amide bonds. The third-order valence-electron chi connectivity index (χ3n) is 2.45. The Bertz CT molecular complexity index is 447. The van der Waals surface area contributed by atoms with Gasteiger partial charge in [0.25, 0.3) is 0 Å². The first-order chi connectivity index (χ1) is 6.70. The van der Waals surface area contributed by atoms with Crippen molar-refractivity contribution < 1.29 is 4.74 Å². The number of imidazole rings is 1. The minimum atomic E-state index is 0.128. The number of ether oxygens (including phenoxy) is 1. The zero-order chi connectivity index (χ0) is 10.1. The minimum Gasteiger partial charge on any atom is -0.377 e. The molecular weight excluding hydrogens is 176 g/mol. The molecule has 0 saturated carbocycles. The van der Waals surface area contributed by atoms with E-state index in [1.165, 1.54) is 5.56 Å². The van der Waals surface area contributed by atoms with Crippen LogP contribution in [0, 0.1) is 6.92 Å². The highest BCUT2D eigenvalue weighted by Gasteiger charge is 2.05. The number of aromatic nitrogens is 2. The minimum absolute atomic E-state index is 0.128. The van der Waals surface area contributed by atoms with Crippen molar-refractivity contribution in [1.82, 2.24) is 9.97 Å². The standard InChI is InChI=1S/C11H14N2O/c1-7(14-3)9-4-5-10-11(6-9)13-8(2)12-10/h4-7H,1-3H3,(H,12,13). The zero-order valence-corrected chi connectivity index (χ0v) is 8.66. The van der Waals surface area contributed by atoms with Crippen LogP contribution in [-0.2, 0) is 4.74 Å². The van der Waals surface area contributed by atoms with Crippen LogP contribution >= 0.6 is 0 Å². The van der Waals surface area contributed by atoms with Crippen molar-refractivity contribution in [2.45, 2.75) is 20.0 Å². The summed E-state index contributed by atoms with van der Waals surface area (Å²) in [5.41, 5.74) is 3.25. The summed E-state index contributed by atoms with van der Waals surface area (Å²) >= 11 is 0. The molecule has 1 N–H and O–H groups in total. The van der Waals surface area contributed by atoms with E-state index in [0.29, 0.717) is 0 Å². The van der Waals surface area contributed by atoms with Crippen LogP contribution in [0.15, 0.2) is 18.2 Å². The molecule has 0 aliphatic rings. The lowest BCUT2D eigenvalue weighted by Crippen LogP contribution is -1.94. The number of H-pyrrole nitrogens is 1. The number of nitrogens with one attached hydrogen (secondary N) is 1. The molecule has 74 valence electrons. The molecule has 0 saturated heterocycles. The van der Waals surface area contributed by atoms with E-state index in [-0.39, 0.29) is 6.10 Å². The number of fused-ring (bicyclic) bond motifs is 1. The largest absolute Gasteiger partial charge is 0.377 e. The summed E-state index contributed by atoms with van der Waals surface area (Å²) in [6, 6.07) is 6.16. The normalized spacial score (nSPS) is 13.4. The van der Waals surface area contributed by atoms with E-state index < -0.39 is 0 Å². The molecule has 0 spiro atoms. The number of hydrogen-bond donors (Lipinski definition) is 1. The Balaban J connectivity index is 2.50. The van der Waals surface area contributed by atoms with E-state index in [9.17, 15) is 0 Å². The van der Waals surface area contributed by atoms with E-state index >= 15 is 0 Å². The fourth-order valence-electron chi connectivity index (χ4n) is 1.54. The van der Waals surface area contributed by atoms with Gasteiger partial charge >= 0.3 is 0 Å². The third-order valence-corrected chi connectivity index (χ3v) is 2.45. The van der Waals surface area contributed by atoms with Crippen LogP contribution in [0.2, 0.25) is 0 Å². The van der Waals surface area contributed by atoms with Gasteiger partial charge in [-0.15, -0.1) is 0 Å². The summed E-state index contributed by atoms with van der Waals surface area (Å²) in [5.74, 6) is 0.946. The summed E-state index contributed by atoms with van der Waals surface area (Å²) in [6.07, 6.45) is 0.128. The van der Waals surface area contributed by atoms with Gasteiger partial charge in [-0.05, 0) is 31.5 Å². The van der Waals surface area contributed by atoms with Gasteiger partial charge in [0.1, 0.15) is 5.82 Å². The van der Waals surface area contributed by atoms with Gasteiger partial charge in [-0.2, -0.15) is 0 Å². The molecule has 0 aliphatic heterocycles. The number of rotatable bonds is 2. The Kier molecular flexibility index (Phi) is 2.25. The SMILES string of the molecule is COC(C)c1ccc2nc(C)[nH]c2c1. The van der Waals surface area contributed by atoms with Crippen molar-refractivity contribution in [1.29, 1.82) is 0 Å². The molecule has 3 heteroatoms. The highest BCUT2D eigenvalue weighted by atomic mass is 16.5. The van der Waals surface area contributed by atoms with Crippen LogP contribution in [0.5, 0.6) is 0 Å². The Morgan fingerprint density at radius 1 is 1.43 bits per heavy atom. The summed E-state index contributed by atoms with van der Waals surface area (Å²) in [7, 11) is 1.72. The molecule has 1 heterocycles. The molecule has 1 atom stereocenters. The Hall–Kier alpha value is -1.35. The van der Waals surface area contributed by atoms with Crippen molar-refractivity contribution in [2.24, 2.45) is 0 Å². The van der Waals surface area contributed by atoms with Gasteiger partial charge in [0.15, 0.2) is 0 Å². The molecule has 2 rings (SSSR count). The lowest BCUT2D eigenvalue weighted by atomic mass is 10.1. The molecule has 0 fully saturated rings. The number of benzene rings is 1. The Morgan fingerprint density at radius 3 is 2.93 bits per heavy atom. The second kappa shape index (κ2) is 3.42. The highest BCUT2D eigenvalue weighted by Crippen LogP contribution is 2.20. The van der Waals surface area contributed by atoms with Crippen LogP contribution in [0.4, 0.5) is 0 Å². The van der Waals surface area contributed by atoms with Gasteiger partial charge in [0, 0.05) is 7.11 Å². The predicted octanol–water partition coefficient (Wildman–Crippen LogP) is 2.58. The summed E-state index contributed by atoms with van der Waals surface area (Å²) in [6.45, 7) is 3.99. The summed E-state index contributed by atoms with van der Waals surface area (Å²) in [4.78, 5) is 7.55. The van der Waals surface area contributed by atoms with E-state index in [1.54, 1.807) is 7.11 Å². The third kappa shape index (κ3) is 1.51. The van der Waals surface area contributed by atoms with Gasteiger partial charge in [-0.25, -0.2) is 4.98 Å². The molecule has 2 aromatic rings. The maximum atomic E-state index is 5.26.